The van der Waals surface area contributed by atoms with Crippen molar-refractivity contribution in [2.45, 2.75) is 13.0 Å². The number of anilines is 1. The van der Waals surface area contributed by atoms with E-state index in [0.717, 1.165) is 42.1 Å². The second-order valence-corrected chi connectivity index (χ2v) is 6.73. The summed E-state index contributed by atoms with van der Waals surface area (Å²) in [6, 6.07) is 11.8. The van der Waals surface area contributed by atoms with Gasteiger partial charge in [0.1, 0.15) is 12.3 Å². The molecule has 29 heavy (non-hydrogen) atoms. The summed E-state index contributed by atoms with van der Waals surface area (Å²) in [4.78, 5) is 15.9. The van der Waals surface area contributed by atoms with Crippen LogP contribution in [0, 0.1) is 0 Å². The summed E-state index contributed by atoms with van der Waals surface area (Å²) in [7, 11) is 3.31. The van der Waals surface area contributed by atoms with Crippen molar-refractivity contribution in [2.75, 3.05) is 38.9 Å². The van der Waals surface area contributed by atoms with Gasteiger partial charge in [-0.2, -0.15) is 0 Å². The van der Waals surface area contributed by atoms with Crippen molar-refractivity contribution in [3.8, 4) is 23.0 Å². The predicted octanol–water partition coefficient (Wildman–Crippen LogP) is 3.14. The maximum absolute atomic E-state index is 5.73. The zero-order valence-corrected chi connectivity index (χ0v) is 16.7. The van der Waals surface area contributed by atoms with Crippen molar-refractivity contribution in [1.29, 1.82) is 0 Å². The average Bonchev–Trinajstić information content (AvgIpc) is 2.79. The molecule has 2 aromatic heterocycles. The Balaban J connectivity index is 1.51. The van der Waals surface area contributed by atoms with Gasteiger partial charge in [0, 0.05) is 56.3 Å². The number of fused-ring (bicyclic) bond motifs is 1. The molecule has 0 saturated heterocycles. The minimum absolute atomic E-state index is 0.485. The molecule has 0 aliphatic carbocycles. The van der Waals surface area contributed by atoms with Gasteiger partial charge in [0.2, 0.25) is 0 Å². The third-order valence-corrected chi connectivity index (χ3v) is 4.89. The first kappa shape index (κ1) is 19.1. The summed E-state index contributed by atoms with van der Waals surface area (Å²) in [5.74, 6) is 2.11. The molecule has 7 heteroatoms. The Kier molecular flexibility index (Phi) is 5.86. The van der Waals surface area contributed by atoms with E-state index in [-0.39, 0.29) is 0 Å². The van der Waals surface area contributed by atoms with Gasteiger partial charge < -0.3 is 19.1 Å². The van der Waals surface area contributed by atoms with E-state index in [2.05, 4.69) is 20.9 Å². The molecule has 1 aliphatic rings. The van der Waals surface area contributed by atoms with E-state index in [9.17, 15) is 0 Å². The first-order valence-corrected chi connectivity index (χ1v) is 9.59. The fourth-order valence-electron chi connectivity index (χ4n) is 3.36. The second kappa shape index (κ2) is 8.87. The molecule has 150 valence electrons. The van der Waals surface area contributed by atoms with Gasteiger partial charge in [0.15, 0.2) is 17.3 Å². The Hall–Kier alpha value is -3.19. The van der Waals surface area contributed by atoms with E-state index in [4.69, 9.17) is 19.2 Å². The average molecular weight is 392 g/mol. The number of pyridine rings is 1. The lowest BCUT2D eigenvalue weighted by Gasteiger charge is -2.30. The number of ether oxygens (including phenoxy) is 3. The first-order chi connectivity index (χ1) is 14.3. The standard InChI is InChI=1S/C22H24N4O3/c1-27-11-12-29-20-7-6-17(13-21(20)28-2)26-10-8-18-16(15-26)14-24-22(25-18)19-5-3-4-9-23-19/h3-7,9,13-14H,8,10-12,15H2,1-2H3. The molecule has 7 nitrogen and oxygen atoms in total. The van der Waals surface area contributed by atoms with E-state index in [1.165, 1.54) is 0 Å². The highest BCUT2D eigenvalue weighted by molar-refractivity contribution is 5.58. The molecule has 1 aliphatic heterocycles. The molecule has 0 atom stereocenters. The summed E-state index contributed by atoms with van der Waals surface area (Å²) >= 11 is 0. The maximum Gasteiger partial charge on any atom is 0.178 e. The van der Waals surface area contributed by atoms with Gasteiger partial charge in [0.25, 0.3) is 0 Å². The summed E-state index contributed by atoms with van der Waals surface area (Å²) in [6.45, 7) is 2.65. The fourth-order valence-corrected chi connectivity index (χ4v) is 3.36. The van der Waals surface area contributed by atoms with Gasteiger partial charge in [-0.05, 0) is 24.3 Å². The first-order valence-electron chi connectivity index (χ1n) is 9.59. The lowest BCUT2D eigenvalue weighted by atomic mass is 10.1. The molecular weight excluding hydrogens is 368 g/mol. The topological polar surface area (TPSA) is 69.6 Å². The lowest BCUT2D eigenvalue weighted by molar-refractivity contribution is 0.144. The number of benzene rings is 1. The zero-order valence-electron chi connectivity index (χ0n) is 16.7. The predicted molar refractivity (Wildman–Crippen MR) is 110 cm³/mol. The van der Waals surface area contributed by atoms with E-state index >= 15 is 0 Å². The third kappa shape index (κ3) is 4.30. The van der Waals surface area contributed by atoms with Crippen LogP contribution in [0.25, 0.3) is 11.5 Å². The van der Waals surface area contributed by atoms with Gasteiger partial charge in [0.05, 0.1) is 19.4 Å². The van der Waals surface area contributed by atoms with Gasteiger partial charge in [-0.15, -0.1) is 0 Å². The molecule has 1 aromatic carbocycles. The molecule has 0 radical (unpaired) electrons. The molecule has 0 bridgehead atoms. The Morgan fingerprint density at radius 3 is 2.76 bits per heavy atom. The highest BCUT2D eigenvalue weighted by Crippen LogP contribution is 2.33. The van der Waals surface area contributed by atoms with E-state index in [1.807, 2.05) is 36.5 Å². The van der Waals surface area contributed by atoms with Gasteiger partial charge in [-0.25, -0.2) is 9.97 Å². The number of rotatable bonds is 7. The monoisotopic (exact) mass is 392 g/mol. The van der Waals surface area contributed by atoms with Gasteiger partial charge >= 0.3 is 0 Å². The van der Waals surface area contributed by atoms with Crippen LogP contribution in [0.1, 0.15) is 11.3 Å². The highest BCUT2D eigenvalue weighted by Gasteiger charge is 2.20. The smallest absolute Gasteiger partial charge is 0.178 e. The Morgan fingerprint density at radius 1 is 1.03 bits per heavy atom. The summed E-state index contributed by atoms with van der Waals surface area (Å²) < 4.78 is 16.3. The van der Waals surface area contributed by atoms with Gasteiger partial charge in [-0.1, -0.05) is 6.07 Å². The van der Waals surface area contributed by atoms with Crippen molar-refractivity contribution >= 4 is 5.69 Å². The van der Waals surface area contributed by atoms with Crippen LogP contribution in [-0.2, 0) is 17.7 Å². The number of hydrogen-bond donors (Lipinski definition) is 0. The fraction of sp³-hybridized carbons (Fsp3) is 0.318. The van der Waals surface area contributed by atoms with Crippen LogP contribution in [0.15, 0.2) is 48.8 Å². The van der Waals surface area contributed by atoms with Crippen molar-refractivity contribution in [1.82, 2.24) is 15.0 Å². The van der Waals surface area contributed by atoms with Crippen LogP contribution in [0.5, 0.6) is 11.5 Å². The molecule has 4 rings (SSSR count). The molecule has 3 aromatic rings. The number of methoxy groups -OCH3 is 2. The number of aromatic nitrogens is 3. The van der Waals surface area contributed by atoms with Crippen molar-refractivity contribution in [3.63, 3.8) is 0 Å². The van der Waals surface area contributed by atoms with Crippen molar-refractivity contribution in [2.24, 2.45) is 0 Å². The van der Waals surface area contributed by atoms with Crippen LogP contribution < -0.4 is 14.4 Å². The molecule has 0 amide bonds. The zero-order chi connectivity index (χ0) is 20.1. The van der Waals surface area contributed by atoms with E-state index in [1.54, 1.807) is 20.4 Å². The lowest BCUT2D eigenvalue weighted by Crippen LogP contribution is -2.31. The quantitative estimate of drug-likeness (QED) is 0.572. The van der Waals surface area contributed by atoms with Crippen molar-refractivity contribution < 1.29 is 14.2 Å². The van der Waals surface area contributed by atoms with Crippen LogP contribution in [0.4, 0.5) is 5.69 Å². The Morgan fingerprint density at radius 2 is 1.97 bits per heavy atom. The highest BCUT2D eigenvalue weighted by atomic mass is 16.5. The largest absolute Gasteiger partial charge is 0.493 e. The molecule has 0 N–H and O–H groups in total. The summed E-state index contributed by atoms with van der Waals surface area (Å²) in [6.07, 6.45) is 4.53. The minimum Gasteiger partial charge on any atom is -0.493 e. The summed E-state index contributed by atoms with van der Waals surface area (Å²) in [5.41, 5.74) is 4.10. The Bertz CT molecular complexity index is 966. The van der Waals surface area contributed by atoms with Crippen LogP contribution in [0.3, 0.4) is 0 Å². The maximum atomic E-state index is 5.73. The minimum atomic E-state index is 0.485. The third-order valence-electron chi connectivity index (χ3n) is 4.89. The second-order valence-electron chi connectivity index (χ2n) is 6.73. The summed E-state index contributed by atoms with van der Waals surface area (Å²) in [5, 5.41) is 0. The molecular formula is C22H24N4O3. The number of nitrogens with zero attached hydrogens (tertiary/aromatic N) is 4. The van der Waals surface area contributed by atoms with Crippen LogP contribution in [0.2, 0.25) is 0 Å². The van der Waals surface area contributed by atoms with Crippen molar-refractivity contribution in [3.05, 3.63) is 60.0 Å². The molecule has 0 spiro atoms. The number of hydrogen-bond acceptors (Lipinski definition) is 7. The molecule has 0 saturated carbocycles. The molecule has 0 fully saturated rings. The van der Waals surface area contributed by atoms with Gasteiger partial charge in [-0.3, -0.25) is 4.98 Å². The van der Waals surface area contributed by atoms with E-state index in [0.29, 0.717) is 30.5 Å². The van der Waals surface area contributed by atoms with Crippen LogP contribution in [-0.4, -0.2) is 48.9 Å². The SMILES string of the molecule is COCCOc1ccc(N2CCc3nc(-c4ccccn4)ncc3C2)cc1OC. The Labute approximate surface area is 170 Å². The van der Waals surface area contributed by atoms with Crippen LogP contribution >= 0.6 is 0 Å². The normalized spacial score (nSPS) is 13.1. The molecule has 3 heterocycles. The molecule has 0 unspecified atom stereocenters. The van der Waals surface area contributed by atoms with E-state index < -0.39 is 0 Å².